The van der Waals surface area contributed by atoms with E-state index in [-0.39, 0.29) is 5.91 Å². The highest BCUT2D eigenvalue weighted by Crippen LogP contribution is 2.27. The number of rotatable bonds is 7. The van der Waals surface area contributed by atoms with Crippen LogP contribution in [0.3, 0.4) is 0 Å². The molecule has 0 aliphatic carbocycles. The van der Waals surface area contributed by atoms with E-state index in [0.717, 1.165) is 0 Å². The van der Waals surface area contributed by atoms with Crippen LogP contribution in [-0.4, -0.2) is 19.6 Å². The Kier molecular flexibility index (Phi) is 6.11. The first-order chi connectivity index (χ1) is 11.1. The van der Waals surface area contributed by atoms with Crippen LogP contribution in [0.2, 0.25) is 5.02 Å². The molecule has 0 radical (unpaired) electrons. The van der Waals surface area contributed by atoms with Crippen LogP contribution in [0.4, 0.5) is 11.4 Å². The lowest BCUT2D eigenvalue weighted by Gasteiger charge is -2.09. The van der Waals surface area contributed by atoms with E-state index in [1.807, 2.05) is 12.1 Å². The molecule has 0 saturated carbocycles. The number of ether oxygens (including phenoxy) is 2. The molecule has 0 aliphatic rings. The monoisotopic (exact) mass is 334 g/mol. The second-order valence-electron chi connectivity index (χ2n) is 4.89. The van der Waals surface area contributed by atoms with Crippen molar-refractivity contribution in [1.82, 2.24) is 0 Å². The molecule has 2 aromatic rings. The lowest BCUT2D eigenvalue weighted by atomic mass is 10.2. The van der Waals surface area contributed by atoms with Crippen LogP contribution in [0.25, 0.3) is 0 Å². The Labute approximate surface area is 140 Å². The Bertz CT molecular complexity index is 677. The van der Waals surface area contributed by atoms with E-state index in [2.05, 4.69) is 5.32 Å². The van der Waals surface area contributed by atoms with Gasteiger partial charge in [0.2, 0.25) is 5.91 Å². The number of hydrogen-bond donors (Lipinski definition) is 2. The van der Waals surface area contributed by atoms with Gasteiger partial charge in [0, 0.05) is 12.1 Å². The maximum atomic E-state index is 11.9. The molecule has 2 rings (SSSR count). The van der Waals surface area contributed by atoms with Crippen molar-refractivity contribution in [3.8, 4) is 11.5 Å². The van der Waals surface area contributed by atoms with E-state index >= 15 is 0 Å². The van der Waals surface area contributed by atoms with Gasteiger partial charge >= 0.3 is 0 Å². The zero-order valence-electron chi connectivity index (χ0n) is 12.8. The molecule has 0 aromatic heterocycles. The molecule has 0 saturated heterocycles. The summed E-state index contributed by atoms with van der Waals surface area (Å²) in [4.78, 5) is 11.9. The molecule has 5 nitrogen and oxygen atoms in total. The summed E-state index contributed by atoms with van der Waals surface area (Å²) >= 11 is 6.01. The number of nitrogens with two attached hydrogens (primary N) is 1. The molecule has 3 N–H and O–H groups in total. The minimum atomic E-state index is -0.101. The van der Waals surface area contributed by atoms with Gasteiger partial charge in [-0.25, -0.2) is 0 Å². The number of amides is 1. The Hall–Kier alpha value is -2.40. The van der Waals surface area contributed by atoms with Crippen LogP contribution in [0, 0.1) is 0 Å². The van der Waals surface area contributed by atoms with E-state index in [1.54, 1.807) is 37.4 Å². The SMILES string of the molecule is COc1ccc(NC(=O)CCCOc2ccccc2N)cc1Cl. The average Bonchev–Trinajstić information content (AvgIpc) is 2.53. The molecule has 1 amide bonds. The van der Waals surface area contributed by atoms with Crippen LogP contribution in [0.15, 0.2) is 42.5 Å². The first-order valence-electron chi connectivity index (χ1n) is 7.21. The molecular formula is C17H19ClN2O3. The lowest BCUT2D eigenvalue weighted by molar-refractivity contribution is -0.116. The fourth-order valence-corrected chi connectivity index (χ4v) is 2.25. The van der Waals surface area contributed by atoms with Crippen molar-refractivity contribution in [3.05, 3.63) is 47.5 Å². The van der Waals surface area contributed by atoms with Crippen molar-refractivity contribution in [2.45, 2.75) is 12.8 Å². The van der Waals surface area contributed by atoms with Crippen LogP contribution < -0.4 is 20.5 Å². The topological polar surface area (TPSA) is 73.6 Å². The van der Waals surface area contributed by atoms with E-state index in [9.17, 15) is 4.79 Å². The number of hydrogen-bond acceptors (Lipinski definition) is 4. The number of para-hydroxylation sites is 2. The molecule has 0 aliphatic heterocycles. The Morgan fingerprint density at radius 1 is 1.22 bits per heavy atom. The first-order valence-corrected chi connectivity index (χ1v) is 7.58. The van der Waals surface area contributed by atoms with E-state index in [0.29, 0.717) is 47.3 Å². The van der Waals surface area contributed by atoms with Crippen molar-refractivity contribution in [1.29, 1.82) is 0 Å². The first kappa shape index (κ1) is 17.0. The van der Waals surface area contributed by atoms with Crippen molar-refractivity contribution in [2.75, 3.05) is 24.8 Å². The minimum Gasteiger partial charge on any atom is -0.495 e. The minimum absolute atomic E-state index is 0.101. The predicted octanol–water partition coefficient (Wildman–Crippen LogP) is 3.73. The highest BCUT2D eigenvalue weighted by Gasteiger charge is 2.06. The second kappa shape index (κ2) is 8.29. The van der Waals surface area contributed by atoms with E-state index in [4.69, 9.17) is 26.8 Å². The molecule has 0 spiro atoms. The van der Waals surface area contributed by atoms with Crippen molar-refractivity contribution < 1.29 is 14.3 Å². The van der Waals surface area contributed by atoms with Gasteiger partial charge in [0.05, 0.1) is 24.4 Å². The molecule has 0 bridgehead atoms. The highest BCUT2D eigenvalue weighted by molar-refractivity contribution is 6.32. The zero-order valence-corrected chi connectivity index (χ0v) is 13.6. The molecule has 6 heteroatoms. The number of nitrogens with one attached hydrogen (secondary N) is 1. The summed E-state index contributed by atoms with van der Waals surface area (Å²) in [5, 5.41) is 3.24. The molecule has 23 heavy (non-hydrogen) atoms. The Balaban J connectivity index is 1.75. The Morgan fingerprint density at radius 3 is 2.70 bits per heavy atom. The van der Waals surface area contributed by atoms with Gasteiger partial charge in [0.1, 0.15) is 11.5 Å². The summed E-state index contributed by atoms with van der Waals surface area (Å²) in [5.41, 5.74) is 7.00. The van der Waals surface area contributed by atoms with Crippen molar-refractivity contribution >= 4 is 28.9 Å². The maximum absolute atomic E-state index is 11.9. The van der Waals surface area contributed by atoms with Gasteiger partial charge < -0.3 is 20.5 Å². The number of anilines is 2. The lowest BCUT2D eigenvalue weighted by Crippen LogP contribution is -2.13. The van der Waals surface area contributed by atoms with Gasteiger partial charge in [-0.3, -0.25) is 4.79 Å². The Morgan fingerprint density at radius 2 is 2.00 bits per heavy atom. The number of benzene rings is 2. The van der Waals surface area contributed by atoms with Gasteiger partial charge in [0.15, 0.2) is 0 Å². The van der Waals surface area contributed by atoms with Gasteiger partial charge in [0.25, 0.3) is 0 Å². The van der Waals surface area contributed by atoms with Gasteiger partial charge in [-0.2, -0.15) is 0 Å². The molecule has 0 atom stereocenters. The smallest absolute Gasteiger partial charge is 0.224 e. The molecule has 122 valence electrons. The van der Waals surface area contributed by atoms with Crippen LogP contribution in [0.5, 0.6) is 11.5 Å². The number of methoxy groups -OCH3 is 1. The second-order valence-corrected chi connectivity index (χ2v) is 5.29. The number of nitrogen functional groups attached to an aromatic ring is 1. The number of carbonyl (C=O) groups excluding carboxylic acids is 1. The summed E-state index contributed by atoms with van der Waals surface area (Å²) in [6.07, 6.45) is 0.931. The van der Waals surface area contributed by atoms with Crippen molar-refractivity contribution in [3.63, 3.8) is 0 Å². The van der Waals surface area contributed by atoms with Crippen molar-refractivity contribution in [2.24, 2.45) is 0 Å². The maximum Gasteiger partial charge on any atom is 0.224 e. The average molecular weight is 335 g/mol. The number of halogens is 1. The quantitative estimate of drug-likeness (QED) is 0.597. The largest absolute Gasteiger partial charge is 0.495 e. The van der Waals surface area contributed by atoms with Crippen LogP contribution >= 0.6 is 11.6 Å². The molecule has 0 heterocycles. The van der Waals surface area contributed by atoms with Crippen LogP contribution in [-0.2, 0) is 4.79 Å². The van der Waals surface area contributed by atoms with Gasteiger partial charge in [-0.05, 0) is 36.8 Å². The predicted molar refractivity (Wildman–Crippen MR) is 92.2 cm³/mol. The third kappa shape index (κ3) is 5.07. The third-order valence-electron chi connectivity index (χ3n) is 3.16. The summed E-state index contributed by atoms with van der Waals surface area (Å²) in [6.45, 7) is 0.422. The van der Waals surface area contributed by atoms with E-state index in [1.165, 1.54) is 0 Å². The highest BCUT2D eigenvalue weighted by atomic mass is 35.5. The summed E-state index contributed by atoms with van der Waals surface area (Å²) in [7, 11) is 1.54. The molecule has 0 unspecified atom stereocenters. The van der Waals surface area contributed by atoms with Gasteiger partial charge in [-0.15, -0.1) is 0 Å². The zero-order chi connectivity index (χ0) is 16.7. The molecular weight excluding hydrogens is 316 g/mol. The molecule has 2 aromatic carbocycles. The number of carbonyl (C=O) groups is 1. The third-order valence-corrected chi connectivity index (χ3v) is 3.46. The van der Waals surface area contributed by atoms with Gasteiger partial charge in [-0.1, -0.05) is 23.7 Å². The normalized spacial score (nSPS) is 10.2. The van der Waals surface area contributed by atoms with Crippen LogP contribution in [0.1, 0.15) is 12.8 Å². The standard InChI is InChI=1S/C17H19ClN2O3/c1-22-15-9-8-12(11-13(15)18)20-17(21)7-4-10-23-16-6-3-2-5-14(16)19/h2-3,5-6,8-9,11H,4,7,10,19H2,1H3,(H,20,21). The summed E-state index contributed by atoms with van der Waals surface area (Å²) < 4.78 is 10.6. The fourth-order valence-electron chi connectivity index (χ4n) is 1.99. The molecule has 0 fully saturated rings. The summed E-state index contributed by atoms with van der Waals surface area (Å²) in [6, 6.07) is 12.4. The summed E-state index contributed by atoms with van der Waals surface area (Å²) in [5.74, 6) is 1.10. The van der Waals surface area contributed by atoms with E-state index < -0.39 is 0 Å². The fraction of sp³-hybridized carbons (Fsp3) is 0.235.